The van der Waals surface area contributed by atoms with Crippen LogP contribution in [0.2, 0.25) is 0 Å². The van der Waals surface area contributed by atoms with E-state index in [1.807, 2.05) is 13.0 Å². The van der Waals surface area contributed by atoms with E-state index >= 15 is 0 Å². The van der Waals surface area contributed by atoms with Gasteiger partial charge in [0.05, 0.1) is 5.57 Å². The molecule has 0 spiro atoms. The highest BCUT2D eigenvalue weighted by atomic mass is 16.2. The van der Waals surface area contributed by atoms with E-state index in [1.54, 1.807) is 25.1 Å². The summed E-state index contributed by atoms with van der Waals surface area (Å²) in [4.78, 5) is 23.4. The summed E-state index contributed by atoms with van der Waals surface area (Å²) in [5.74, 6) is -0.288. The monoisotopic (exact) mass is 186 g/mol. The van der Waals surface area contributed by atoms with Crippen molar-refractivity contribution in [2.24, 2.45) is 0 Å². The Kier molecular flexibility index (Phi) is 1.84. The first-order chi connectivity index (χ1) is 6.65. The number of hydrogen-bond donors (Lipinski definition) is 0. The van der Waals surface area contributed by atoms with Crippen LogP contribution in [-0.4, -0.2) is 11.6 Å². The van der Waals surface area contributed by atoms with Crippen molar-refractivity contribution in [1.29, 1.82) is 0 Å². The number of ketones is 2. The fourth-order valence-electron chi connectivity index (χ4n) is 1.70. The van der Waals surface area contributed by atoms with Crippen molar-refractivity contribution in [1.82, 2.24) is 0 Å². The summed E-state index contributed by atoms with van der Waals surface area (Å²) in [5, 5.41) is 0. The number of Topliss-reactive ketones (excluding diaryl/α,β-unsaturated/α-hetero) is 2. The average molecular weight is 186 g/mol. The highest BCUT2D eigenvalue weighted by Gasteiger charge is 2.31. The van der Waals surface area contributed by atoms with Crippen LogP contribution in [-0.2, 0) is 0 Å². The van der Waals surface area contributed by atoms with Crippen LogP contribution in [0.5, 0.6) is 0 Å². The van der Waals surface area contributed by atoms with E-state index < -0.39 is 0 Å². The molecule has 0 saturated carbocycles. The second-order valence-electron chi connectivity index (χ2n) is 3.41. The lowest BCUT2D eigenvalue weighted by Crippen LogP contribution is -1.99. The molecule has 1 aliphatic rings. The van der Waals surface area contributed by atoms with Crippen LogP contribution >= 0.6 is 0 Å². The normalized spacial score (nSPS) is 17.7. The third-order valence-corrected chi connectivity index (χ3v) is 2.44. The van der Waals surface area contributed by atoms with Crippen LogP contribution in [0.4, 0.5) is 0 Å². The standard InChI is InChI=1S/C12H10O2/c1-3-8-11(13)9-5-4-7(2)6-10(9)12(8)14/h3-6H,1-2H3/b8-3+. The molecule has 2 rings (SSSR count). The first kappa shape index (κ1) is 8.88. The van der Waals surface area contributed by atoms with Gasteiger partial charge < -0.3 is 0 Å². The van der Waals surface area contributed by atoms with Crippen LogP contribution < -0.4 is 0 Å². The molecule has 0 bridgehead atoms. The Labute approximate surface area is 82.2 Å². The molecule has 0 atom stereocenters. The molecule has 1 aliphatic carbocycles. The zero-order valence-corrected chi connectivity index (χ0v) is 8.13. The summed E-state index contributed by atoms with van der Waals surface area (Å²) in [6.07, 6.45) is 1.58. The fourth-order valence-corrected chi connectivity index (χ4v) is 1.70. The second-order valence-corrected chi connectivity index (χ2v) is 3.41. The molecule has 0 aromatic heterocycles. The molecule has 0 radical (unpaired) electrons. The van der Waals surface area contributed by atoms with E-state index in [4.69, 9.17) is 0 Å². The van der Waals surface area contributed by atoms with Gasteiger partial charge in [-0.15, -0.1) is 0 Å². The highest BCUT2D eigenvalue weighted by Crippen LogP contribution is 2.26. The van der Waals surface area contributed by atoms with Crippen molar-refractivity contribution >= 4 is 11.6 Å². The smallest absolute Gasteiger partial charge is 0.197 e. The lowest BCUT2D eigenvalue weighted by atomic mass is 10.1. The number of fused-ring (bicyclic) bond motifs is 1. The number of benzene rings is 1. The largest absolute Gasteiger partial charge is 0.288 e. The van der Waals surface area contributed by atoms with Gasteiger partial charge in [0.1, 0.15) is 0 Å². The number of carbonyl (C=O) groups excluding carboxylic acids is 2. The minimum atomic E-state index is -0.146. The zero-order valence-electron chi connectivity index (χ0n) is 8.13. The molecule has 0 unspecified atom stereocenters. The van der Waals surface area contributed by atoms with Gasteiger partial charge in [0, 0.05) is 11.1 Å². The van der Waals surface area contributed by atoms with Gasteiger partial charge in [0.2, 0.25) is 0 Å². The Morgan fingerprint density at radius 3 is 2.36 bits per heavy atom. The Morgan fingerprint density at radius 2 is 1.71 bits per heavy atom. The van der Waals surface area contributed by atoms with Gasteiger partial charge in [-0.1, -0.05) is 23.8 Å². The molecular formula is C12H10O2. The van der Waals surface area contributed by atoms with Gasteiger partial charge in [-0.2, -0.15) is 0 Å². The van der Waals surface area contributed by atoms with Crippen molar-refractivity contribution in [2.75, 3.05) is 0 Å². The van der Waals surface area contributed by atoms with E-state index in [0.29, 0.717) is 16.7 Å². The van der Waals surface area contributed by atoms with E-state index in [9.17, 15) is 9.59 Å². The van der Waals surface area contributed by atoms with Crippen molar-refractivity contribution in [2.45, 2.75) is 13.8 Å². The Balaban J connectivity index is 2.70. The summed E-state index contributed by atoms with van der Waals surface area (Å²) < 4.78 is 0. The molecule has 1 aromatic carbocycles. The lowest BCUT2D eigenvalue weighted by molar-refractivity contribution is 0.0988. The van der Waals surface area contributed by atoms with Gasteiger partial charge in [-0.05, 0) is 19.9 Å². The summed E-state index contributed by atoms with van der Waals surface area (Å²) in [6.45, 7) is 3.62. The summed E-state index contributed by atoms with van der Waals surface area (Å²) in [5.41, 5.74) is 2.38. The average Bonchev–Trinajstić information content (AvgIpc) is 2.39. The third kappa shape index (κ3) is 1.04. The van der Waals surface area contributed by atoms with Crippen molar-refractivity contribution < 1.29 is 9.59 Å². The minimum Gasteiger partial charge on any atom is -0.288 e. The molecule has 14 heavy (non-hydrogen) atoms. The van der Waals surface area contributed by atoms with Crippen molar-refractivity contribution in [3.05, 3.63) is 46.5 Å². The molecular weight excluding hydrogens is 176 g/mol. The third-order valence-electron chi connectivity index (χ3n) is 2.44. The van der Waals surface area contributed by atoms with Crippen LogP contribution in [0.25, 0.3) is 0 Å². The molecule has 0 fully saturated rings. The molecule has 0 amide bonds. The minimum absolute atomic E-state index is 0.142. The summed E-state index contributed by atoms with van der Waals surface area (Å²) in [6, 6.07) is 5.34. The molecule has 0 aliphatic heterocycles. The van der Waals surface area contributed by atoms with Gasteiger partial charge in [-0.3, -0.25) is 9.59 Å². The number of hydrogen-bond acceptors (Lipinski definition) is 2. The van der Waals surface area contributed by atoms with Crippen molar-refractivity contribution in [3.63, 3.8) is 0 Å². The van der Waals surface area contributed by atoms with Gasteiger partial charge in [-0.25, -0.2) is 0 Å². The van der Waals surface area contributed by atoms with Gasteiger partial charge in [0.15, 0.2) is 11.6 Å². The topological polar surface area (TPSA) is 34.1 Å². The molecule has 2 nitrogen and oxygen atoms in total. The maximum Gasteiger partial charge on any atom is 0.197 e. The molecule has 1 aromatic rings. The van der Waals surface area contributed by atoms with E-state index in [1.165, 1.54) is 0 Å². The van der Waals surface area contributed by atoms with Crippen LogP contribution in [0.1, 0.15) is 33.2 Å². The van der Waals surface area contributed by atoms with E-state index in [-0.39, 0.29) is 11.6 Å². The van der Waals surface area contributed by atoms with Crippen LogP contribution in [0.15, 0.2) is 29.8 Å². The molecule has 0 N–H and O–H groups in total. The fraction of sp³-hybridized carbons (Fsp3) is 0.167. The number of allylic oxidation sites excluding steroid dienone is 2. The first-order valence-corrected chi connectivity index (χ1v) is 4.51. The molecule has 0 heterocycles. The summed E-state index contributed by atoms with van der Waals surface area (Å²) in [7, 11) is 0. The maximum atomic E-state index is 11.7. The van der Waals surface area contributed by atoms with Crippen LogP contribution in [0, 0.1) is 6.92 Å². The van der Waals surface area contributed by atoms with Gasteiger partial charge >= 0.3 is 0 Å². The number of carbonyl (C=O) groups is 2. The zero-order chi connectivity index (χ0) is 10.3. The number of rotatable bonds is 0. The predicted molar refractivity (Wildman–Crippen MR) is 53.6 cm³/mol. The number of aryl methyl sites for hydroxylation is 1. The predicted octanol–water partition coefficient (Wildman–Crippen LogP) is 2.32. The Hall–Kier alpha value is -1.70. The van der Waals surface area contributed by atoms with Gasteiger partial charge in [0.25, 0.3) is 0 Å². The molecule has 70 valence electrons. The lowest BCUT2D eigenvalue weighted by Gasteiger charge is -1.95. The first-order valence-electron chi connectivity index (χ1n) is 4.51. The Morgan fingerprint density at radius 1 is 1.07 bits per heavy atom. The molecule has 2 heteroatoms. The second kappa shape index (κ2) is 2.91. The SMILES string of the molecule is C/C=C1\C(=O)c2ccc(C)cc2C1=O. The maximum absolute atomic E-state index is 11.7. The van der Waals surface area contributed by atoms with E-state index in [0.717, 1.165) is 5.56 Å². The van der Waals surface area contributed by atoms with E-state index in [2.05, 4.69) is 0 Å². The quantitative estimate of drug-likeness (QED) is 0.460. The van der Waals surface area contributed by atoms with Crippen LogP contribution in [0.3, 0.4) is 0 Å². The van der Waals surface area contributed by atoms with Crippen molar-refractivity contribution in [3.8, 4) is 0 Å². The summed E-state index contributed by atoms with van der Waals surface area (Å²) >= 11 is 0. The highest BCUT2D eigenvalue weighted by molar-refractivity contribution is 6.39. The molecule has 0 saturated heterocycles. The Bertz CT molecular complexity index is 467.